The van der Waals surface area contributed by atoms with Crippen molar-refractivity contribution in [3.63, 3.8) is 0 Å². The topological polar surface area (TPSA) is 83.3 Å². The molecule has 84 valence electrons. The van der Waals surface area contributed by atoms with E-state index in [1.54, 1.807) is 18.3 Å². The molecule has 1 aromatic rings. The molecule has 1 aromatic heterocycles. The third-order valence-corrected chi connectivity index (χ3v) is 1.95. The van der Waals surface area contributed by atoms with Gasteiger partial charge in [0.15, 0.2) is 0 Å². The third-order valence-electron chi connectivity index (χ3n) is 1.95. The van der Waals surface area contributed by atoms with Gasteiger partial charge in [0, 0.05) is 18.0 Å². The van der Waals surface area contributed by atoms with Gasteiger partial charge in [0.2, 0.25) is 0 Å². The van der Waals surface area contributed by atoms with Crippen LogP contribution in [0.1, 0.15) is 12.5 Å². The predicted molar refractivity (Wildman–Crippen MR) is 58.4 cm³/mol. The van der Waals surface area contributed by atoms with Crippen LogP contribution in [0.15, 0.2) is 35.9 Å². The smallest absolute Gasteiger partial charge is 0.343 e. The first-order chi connectivity index (χ1) is 7.57. The molecule has 0 saturated carbocycles. The molecule has 1 heterocycles. The molecule has 0 aliphatic rings. The number of aliphatic hydroxyl groups is 1. The van der Waals surface area contributed by atoms with E-state index < -0.39 is 5.97 Å². The molecule has 0 fully saturated rings. The number of esters is 1. The van der Waals surface area contributed by atoms with Gasteiger partial charge in [-0.2, -0.15) is 0 Å². The number of hydrogen-bond acceptors (Lipinski definition) is 5. The summed E-state index contributed by atoms with van der Waals surface area (Å²) in [5.74, 6) is -0.991. The summed E-state index contributed by atoms with van der Waals surface area (Å²) < 4.78 is 4.50. The third kappa shape index (κ3) is 2.44. The minimum Gasteiger partial charge on any atom is -0.512 e. The van der Waals surface area contributed by atoms with Crippen molar-refractivity contribution in [2.45, 2.75) is 6.92 Å². The lowest BCUT2D eigenvalue weighted by Crippen LogP contribution is -2.17. The highest BCUT2D eigenvalue weighted by molar-refractivity contribution is 6.25. The minimum absolute atomic E-state index is 0.111. The van der Waals surface area contributed by atoms with Gasteiger partial charge in [-0.05, 0) is 19.1 Å². The molecule has 0 atom stereocenters. The number of aliphatic hydroxyl groups excluding tert-OH is 1. The largest absolute Gasteiger partial charge is 0.512 e. The summed E-state index contributed by atoms with van der Waals surface area (Å²) in [7, 11) is 1.20. The number of carbonyl (C=O) groups excluding carboxylic acids is 1. The Balaban J connectivity index is 3.13. The van der Waals surface area contributed by atoms with E-state index in [9.17, 15) is 9.90 Å². The molecule has 5 heteroatoms. The Morgan fingerprint density at radius 2 is 2.25 bits per heavy atom. The fourth-order valence-corrected chi connectivity index (χ4v) is 1.19. The number of pyridine rings is 1. The zero-order chi connectivity index (χ0) is 12.1. The lowest BCUT2D eigenvalue weighted by molar-refractivity contribution is -0.135. The molecular formula is C11H12N2O3. The number of allylic oxidation sites excluding steroid dienone is 1. The number of nitrogens with zero attached hydrogens (tertiary/aromatic N) is 1. The molecule has 0 spiro atoms. The van der Waals surface area contributed by atoms with Crippen LogP contribution in [0.3, 0.4) is 0 Å². The number of nitrogens with one attached hydrogen (secondary N) is 1. The maximum Gasteiger partial charge on any atom is 0.343 e. The zero-order valence-electron chi connectivity index (χ0n) is 9.02. The Morgan fingerprint density at radius 1 is 1.56 bits per heavy atom. The monoisotopic (exact) mass is 220 g/mol. The average molecular weight is 220 g/mol. The number of aromatic nitrogens is 1. The summed E-state index contributed by atoms with van der Waals surface area (Å²) in [6.45, 7) is 1.33. The number of ether oxygens (including phenoxy) is 1. The van der Waals surface area contributed by atoms with Crippen LogP contribution >= 0.6 is 0 Å². The molecule has 0 aliphatic heterocycles. The molecule has 16 heavy (non-hydrogen) atoms. The van der Waals surface area contributed by atoms with Gasteiger partial charge in [-0.25, -0.2) is 4.79 Å². The van der Waals surface area contributed by atoms with Crippen LogP contribution in [0.5, 0.6) is 0 Å². The van der Waals surface area contributed by atoms with Gasteiger partial charge in [0.05, 0.1) is 12.8 Å². The first kappa shape index (κ1) is 11.9. The van der Waals surface area contributed by atoms with E-state index in [2.05, 4.69) is 9.72 Å². The van der Waals surface area contributed by atoms with Crippen molar-refractivity contribution in [2.75, 3.05) is 7.11 Å². The fourth-order valence-electron chi connectivity index (χ4n) is 1.19. The van der Waals surface area contributed by atoms with E-state index in [4.69, 9.17) is 5.41 Å². The van der Waals surface area contributed by atoms with E-state index >= 15 is 0 Å². The van der Waals surface area contributed by atoms with Gasteiger partial charge in [-0.15, -0.1) is 0 Å². The Morgan fingerprint density at radius 3 is 2.69 bits per heavy atom. The quantitative estimate of drug-likeness (QED) is 0.349. The van der Waals surface area contributed by atoms with Crippen molar-refractivity contribution >= 4 is 11.7 Å². The van der Waals surface area contributed by atoms with Crippen LogP contribution in [-0.4, -0.2) is 28.9 Å². The predicted octanol–water partition coefficient (Wildman–Crippen LogP) is 1.45. The Labute approximate surface area is 92.9 Å². The number of hydrogen-bond donors (Lipinski definition) is 2. The maximum absolute atomic E-state index is 11.4. The van der Waals surface area contributed by atoms with E-state index in [0.717, 1.165) is 0 Å². The highest BCUT2D eigenvalue weighted by Crippen LogP contribution is 2.11. The molecule has 5 nitrogen and oxygen atoms in total. The van der Waals surface area contributed by atoms with Crippen molar-refractivity contribution in [3.8, 4) is 0 Å². The highest BCUT2D eigenvalue weighted by atomic mass is 16.5. The van der Waals surface area contributed by atoms with Crippen LogP contribution in [0, 0.1) is 5.41 Å². The summed E-state index contributed by atoms with van der Waals surface area (Å²) in [5.41, 5.74) is 0.173. The maximum atomic E-state index is 11.4. The van der Waals surface area contributed by atoms with Gasteiger partial charge in [-0.3, -0.25) is 10.4 Å². The number of rotatable bonds is 3. The van der Waals surface area contributed by atoms with Crippen LogP contribution < -0.4 is 0 Å². The molecule has 0 bridgehead atoms. The van der Waals surface area contributed by atoms with Crippen molar-refractivity contribution in [3.05, 3.63) is 41.4 Å². The minimum atomic E-state index is -0.742. The van der Waals surface area contributed by atoms with Gasteiger partial charge < -0.3 is 9.84 Å². The van der Waals surface area contributed by atoms with Gasteiger partial charge >= 0.3 is 5.97 Å². The normalized spacial score (nSPS) is 11.6. The molecule has 0 unspecified atom stereocenters. The van der Waals surface area contributed by atoms with Crippen molar-refractivity contribution < 1.29 is 14.6 Å². The van der Waals surface area contributed by atoms with E-state index in [1.165, 1.54) is 20.2 Å². The molecule has 0 saturated heterocycles. The van der Waals surface area contributed by atoms with Crippen LogP contribution in [0.4, 0.5) is 0 Å². The summed E-state index contributed by atoms with van der Waals surface area (Å²) in [5, 5.41) is 17.2. The average Bonchev–Trinajstić information content (AvgIpc) is 2.29. The highest BCUT2D eigenvalue weighted by Gasteiger charge is 2.20. The molecular weight excluding hydrogens is 208 g/mol. The summed E-state index contributed by atoms with van der Waals surface area (Å²) in [6, 6.07) is 3.27. The summed E-state index contributed by atoms with van der Waals surface area (Å²) in [4.78, 5) is 15.2. The van der Waals surface area contributed by atoms with Crippen LogP contribution in [-0.2, 0) is 9.53 Å². The molecule has 0 radical (unpaired) electrons. The molecule has 2 N–H and O–H groups in total. The Bertz CT molecular complexity index is 434. The fraction of sp³-hybridized carbons (Fsp3) is 0.182. The number of methoxy groups -OCH3 is 1. The van der Waals surface area contributed by atoms with E-state index in [0.29, 0.717) is 5.56 Å². The first-order valence-electron chi connectivity index (χ1n) is 4.55. The second-order valence-electron chi connectivity index (χ2n) is 3.07. The zero-order valence-corrected chi connectivity index (χ0v) is 9.02. The summed E-state index contributed by atoms with van der Waals surface area (Å²) >= 11 is 0. The second kappa shape index (κ2) is 5.06. The van der Waals surface area contributed by atoms with Gasteiger partial charge in [0.25, 0.3) is 0 Å². The van der Waals surface area contributed by atoms with E-state index in [-0.39, 0.29) is 17.0 Å². The van der Waals surface area contributed by atoms with E-state index in [1.807, 2.05) is 0 Å². The van der Waals surface area contributed by atoms with Crippen molar-refractivity contribution in [1.82, 2.24) is 4.98 Å². The lowest BCUT2D eigenvalue weighted by atomic mass is 10.0. The van der Waals surface area contributed by atoms with Crippen molar-refractivity contribution in [2.24, 2.45) is 0 Å². The Hall–Kier alpha value is -2.17. The van der Waals surface area contributed by atoms with Crippen LogP contribution in [0.2, 0.25) is 0 Å². The van der Waals surface area contributed by atoms with Gasteiger partial charge in [-0.1, -0.05) is 0 Å². The standard InChI is InChI=1S/C11H12N2O3/c1-7(14)9(11(15)16-2)10(12)8-4-3-5-13-6-8/h3-6,12,14H,1-2H3/b9-7-,12-10?. The molecule has 0 amide bonds. The molecule has 1 rings (SSSR count). The second-order valence-corrected chi connectivity index (χ2v) is 3.07. The molecule has 0 aliphatic carbocycles. The number of carbonyl (C=O) groups is 1. The molecule has 0 aromatic carbocycles. The summed E-state index contributed by atoms with van der Waals surface area (Å²) in [6.07, 6.45) is 3.00. The van der Waals surface area contributed by atoms with Gasteiger partial charge in [0.1, 0.15) is 11.3 Å². The first-order valence-corrected chi connectivity index (χ1v) is 4.55. The van der Waals surface area contributed by atoms with Crippen LogP contribution in [0.25, 0.3) is 0 Å². The SMILES string of the molecule is COC(=O)/C(C(=N)c1cccnc1)=C(/C)O. The lowest BCUT2D eigenvalue weighted by Gasteiger charge is -2.07. The van der Waals surface area contributed by atoms with Crippen molar-refractivity contribution in [1.29, 1.82) is 5.41 Å². The Kier molecular flexibility index (Phi) is 3.77.